The number of hydrogen-bond donors (Lipinski definition) is 0. The Kier molecular flexibility index (Phi) is 6.10. The SMILES string of the molecule is CCOC(=O)c1sc(N(Cc2ccccc2)C(=O)c2cc(C3CC3)nc3c2c(C)nn3C)nc1C. The van der Waals surface area contributed by atoms with Gasteiger partial charge in [-0.2, -0.15) is 5.10 Å². The predicted octanol–water partition coefficient (Wildman–Crippen LogP) is 4.94. The number of hydrogen-bond acceptors (Lipinski definition) is 7. The van der Waals surface area contributed by atoms with E-state index in [1.165, 1.54) is 11.3 Å². The summed E-state index contributed by atoms with van der Waals surface area (Å²) in [7, 11) is 1.85. The van der Waals surface area contributed by atoms with E-state index < -0.39 is 5.97 Å². The van der Waals surface area contributed by atoms with Gasteiger partial charge in [0, 0.05) is 18.7 Å². The minimum absolute atomic E-state index is 0.191. The first-order valence-corrected chi connectivity index (χ1v) is 12.5. The number of esters is 1. The lowest BCUT2D eigenvalue weighted by molar-refractivity contribution is 0.0531. The number of carbonyl (C=O) groups excluding carboxylic acids is 2. The molecule has 0 atom stereocenters. The minimum Gasteiger partial charge on any atom is -0.462 e. The van der Waals surface area contributed by atoms with Crippen LogP contribution < -0.4 is 4.90 Å². The molecule has 1 fully saturated rings. The van der Waals surface area contributed by atoms with Gasteiger partial charge < -0.3 is 4.74 Å². The van der Waals surface area contributed by atoms with E-state index in [0.29, 0.717) is 39.4 Å². The smallest absolute Gasteiger partial charge is 0.350 e. The third kappa shape index (κ3) is 4.43. The van der Waals surface area contributed by atoms with E-state index in [-0.39, 0.29) is 12.5 Å². The second-order valence-electron chi connectivity index (χ2n) is 8.78. The van der Waals surface area contributed by atoms with Crippen molar-refractivity contribution < 1.29 is 14.3 Å². The highest BCUT2D eigenvalue weighted by molar-refractivity contribution is 7.17. The number of aromatic nitrogens is 4. The first kappa shape index (κ1) is 23.2. The van der Waals surface area contributed by atoms with Gasteiger partial charge in [0.1, 0.15) is 4.88 Å². The van der Waals surface area contributed by atoms with Gasteiger partial charge in [-0.1, -0.05) is 41.7 Å². The van der Waals surface area contributed by atoms with Crippen molar-refractivity contribution in [3.63, 3.8) is 0 Å². The number of aryl methyl sites for hydroxylation is 3. The first-order valence-electron chi connectivity index (χ1n) is 11.7. The third-order valence-electron chi connectivity index (χ3n) is 6.12. The Hall–Kier alpha value is -3.59. The molecule has 0 unspecified atom stereocenters. The van der Waals surface area contributed by atoms with E-state index in [0.717, 1.165) is 35.2 Å². The van der Waals surface area contributed by atoms with Crippen LogP contribution >= 0.6 is 11.3 Å². The van der Waals surface area contributed by atoms with Crippen LogP contribution in [-0.4, -0.2) is 38.2 Å². The Morgan fingerprint density at radius 2 is 1.89 bits per heavy atom. The third-order valence-corrected chi connectivity index (χ3v) is 7.28. The van der Waals surface area contributed by atoms with Gasteiger partial charge in [0.2, 0.25) is 0 Å². The fourth-order valence-corrected chi connectivity index (χ4v) is 5.20. The normalized spacial score (nSPS) is 13.3. The molecule has 1 aliphatic carbocycles. The van der Waals surface area contributed by atoms with Crippen molar-refractivity contribution in [1.82, 2.24) is 19.7 Å². The molecule has 3 heterocycles. The molecule has 35 heavy (non-hydrogen) atoms. The van der Waals surface area contributed by atoms with Gasteiger partial charge in [-0.25, -0.2) is 14.8 Å². The number of amides is 1. The van der Waals surface area contributed by atoms with E-state index in [2.05, 4.69) is 10.1 Å². The van der Waals surface area contributed by atoms with Crippen molar-refractivity contribution >= 4 is 39.4 Å². The van der Waals surface area contributed by atoms with Crippen molar-refractivity contribution in [3.05, 3.63) is 69.5 Å². The molecule has 5 rings (SSSR count). The lowest BCUT2D eigenvalue weighted by Crippen LogP contribution is -2.31. The van der Waals surface area contributed by atoms with Crippen LogP contribution in [0.5, 0.6) is 0 Å². The topological polar surface area (TPSA) is 90.2 Å². The van der Waals surface area contributed by atoms with E-state index >= 15 is 0 Å². The molecule has 9 heteroatoms. The molecule has 1 aromatic carbocycles. The molecular weight excluding hydrogens is 462 g/mol. The van der Waals surface area contributed by atoms with Crippen LogP contribution in [0.25, 0.3) is 11.0 Å². The molecule has 1 saturated carbocycles. The first-order chi connectivity index (χ1) is 16.9. The van der Waals surface area contributed by atoms with Gasteiger partial charge in [-0.05, 0) is 45.2 Å². The maximum atomic E-state index is 14.2. The Morgan fingerprint density at radius 1 is 1.14 bits per heavy atom. The lowest BCUT2D eigenvalue weighted by atomic mass is 10.1. The number of thiazole rings is 1. The molecular formula is C26H27N5O3S. The monoisotopic (exact) mass is 489 g/mol. The molecule has 0 N–H and O–H groups in total. The summed E-state index contributed by atoms with van der Waals surface area (Å²) in [6, 6.07) is 11.7. The van der Waals surface area contributed by atoms with Gasteiger partial charge in [-0.3, -0.25) is 14.4 Å². The van der Waals surface area contributed by atoms with Crippen molar-refractivity contribution in [2.75, 3.05) is 11.5 Å². The number of nitrogens with zero attached hydrogens (tertiary/aromatic N) is 5. The van der Waals surface area contributed by atoms with Crippen molar-refractivity contribution in [3.8, 4) is 0 Å². The molecule has 0 radical (unpaired) electrons. The summed E-state index contributed by atoms with van der Waals surface area (Å²) >= 11 is 1.18. The second-order valence-corrected chi connectivity index (χ2v) is 9.76. The molecule has 1 amide bonds. The Labute approximate surface area is 207 Å². The maximum Gasteiger partial charge on any atom is 0.350 e. The number of anilines is 1. The largest absolute Gasteiger partial charge is 0.462 e. The van der Waals surface area contributed by atoms with Gasteiger partial charge in [-0.15, -0.1) is 0 Å². The fraction of sp³-hybridized carbons (Fsp3) is 0.346. The van der Waals surface area contributed by atoms with Crippen molar-refractivity contribution in [1.29, 1.82) is 0 Å². The number of benzene rings is 1. The predicted molar refractivity (Wildman–Crippen MR) is 135 cm³/mol. The van der Waals surface area contributed by atoms with E-state index in [4.69, 9.17) is 9.72 Å². The summed E-state index contributed by atoms with van der Waals surface area (Å²) in [5, 5.41) is 5.75. The summed E-state index contributed by atoms with van der Waals surface area (Å²) < 4.78 is 6.94. The van der Waals surface area contributed by atoms with Gasteiger partial charge in [0.05, 0.1) is 35.5 Å². The highest BCUT2D eigenvalue weighted by Gasteiger charge is 2.31. The Balaban J connectivity index is 1.64. The van der Waals surface area contributed by atoms with Crippen LogP contribution in [0.4, 0.5) is 5.13 Å². The highest BCUT2D eigenvalue weighted by atomic mass is 32.1. The van der Waals surface area contributed by atoms with Gasteiger partial charge >= 0.3 is 5.97 Å². The summed E-state index contributed by atoms with van der Waals surface area (Å²) in [5.74, 6) is -0.240. The van der Waals surface area contributed by atoms with Gasteiger partial charge in [0.15, 0.2) is 10.8 Å². The Bertz CT molecular complexity index is 1420. The number of pyridine rings is 1. The van der Waals surface area contributed by atoms with E-state index in [1.807, 2.05) is 50.4 Å². The summed E-state index contributed by atoms with van der Waals surface area (Å²) in [6.07, 6.45) is 2.15. The number of fused-ring (bicyclic) bond motifs is 1. The summed E-state index contributed by atoms with van der Waals surface area (Å²) in [6.45, 7) is 6.01. The van der Waals surface area contributed by atoms with Crippen LogP contribution in [0.3, 0.4) is 0 Å². The number of carbonyl (C=O) groups is 2. The zero-order valence-corrected chi connectivity index (χ0v) is 21.1. The van der Waals surface area contributed by atoms with Crippen LogP contribution in [0, 0.1) is 13.8 Å². The quantitative estimate of drug-likeness (QED) is 0.342. The standard InChI is InChI=1S/C26H27N5O3S/c1-5-34-25(33)22-16(3)27-26(35-22)31(14-17-9-7-6-8-10-17)24(32)19-13-20(18-11-12-18)28-23-21(19)15(2)29-30(23)4/h6-10,13,18H,5,11-12,14H2,1-4H3. The molecule has 8 nitrogen and oxygen atoms in total. The van der Waals surface area contributed by atoms with Crippen molar-refractivity contribution in [2.45, 2.75) is 46.1 Å². The van der Waals surface area contributed by atoms with Crippen molar-refractivity contribution in [2.24, 2.45) is 7.05 Å². The molecule has 0 bridgehead atoms. The summed E-state index contributed by atoms with van der Waals surface area (Å²) in [4.78, 5) is 38.2. The average molecular weight is 490 g/mol. The zero-order chi connectivity index (χ0) is 24.7. The van der Waals surface area contributed by atoms with E-state index in [1.54, 1.807) is 23.4 Å². The molecule has 0 aliphatic heterocycles. The number of rotatable bonds is 7. The molecule has 180 valence electrons. The summed E-state index contributed by atoms with van der Waals surface area (Å²) in [5.41, 5.74) is 4.45. The van der Waals surface area contributed by atoms with Crippen LogP contribution in [-0.2, 0) is 18.3 Å². The van der Waals surface area contributed by atoms with E-state index in [9.17, 15) is 9.59 Å². The fourth-order valence-electron chi connectivity index (χ4n) is 4.24. The minimum atomic E-state index is -0.425. The maximum absolute atomic E-state index is 14.2. The van der Waals surface area contributed by atoms with Gasteiger partial charge in [0.25, 0.3) is 5.91 Å². The van der Waals surface area contributed by atoms with Crippen LogP contribution in [0.15, 0.2) is 36.4 Å². The lowest BCUT2D eigenvalue weighted by Gasteiger charge is -2.21. The molecule has 1 aliphatic rings. The van der Waals surface area contributed by atoms with Crippen LogP contribution in [0.2, 0.25) is 0 Å². The zero-order valence-electron chi connectivity index (χ0n) is 20.2. The Morgan fingerprint density at radius 3 is 2.57 bits per heavy atom. The molecule has 3 aromatic heterocycles. The van der Waals surface area contributed by atoms with Crippen LogP contribution in [0.1, 0.15) is 68.4 Å². The molecule has 0 saturated heterocycles. The highest BCUT2D eigenvalue weighted by Crippen LogP contribution is 2.41. The molecule has 4 aromatic rings. The number of ether oxygens (including phenoxy) is 1. The molecule has 0 spiro atoms. The average Bonchev–Trinajstić information content (AvgIpc) is 3.57. The second kappa shape index (κ2) is 9.22.